The summed E-state index contributed by atoms with van der Waals surface area (Å²) >= 11 is 3.29. The van der Waals surface area contributed by atoms with Crippen molar-refractivity contribution in [3.8, 4) is 6.07 Å². The maximum atomic E-state index is 11.6. The zero-order valence-electron chi connectivity index (χ0n) is 10.8. The summed E-state index contributed by atoms with van der Waals surface area (Å²) in [7, 11) is 0. The summed E-state index contributed by atoms with van der Waals surface area (Å²) in [5.74, 6) is 0. The van der Waals surface area contributed by atoms with Crippen LogP contribution in [0.1, 0.15) is 31.9 Å². The van der Waals surface area contributed by atoms with E-state index in [2.05, 4.69) is 27.3 Å². The van der Waals surface area contributed by atoms with Crippen molar-refractivity contribution in [2.45, 2.75) is 33.3 Å². The highest BCUT2D eigenvalue weighted by molar-refractivity contribution is 9.10. The summed E-state index contributed by atoms with van der Waals surface area (Å²) in [4.78, 5) is 11.6. The van der Waals surface area contributed by atoms with Crippen molar-refractivity contribution in [3.05, 3.63) is 27.7 Å². The summed E-state index contributed by atoms with van der Waals surface area (Å²) in [6, 6.07) is 5.53. The predicted octanol–water partition coefficient (Wildman–Crippen LogP) is 3.98. The number of nitrogens with one attached hydrogen (secondary N) is 1. The Morgan fingerprint density at radius 2 is 2.06 bits per heavy atom. The Balaban J connectivity index is 2.94. The minimum atomic E-state index is -0.550. The van der Waals surface area contributed by atoms with Crippen molar-refractivity contribution in [2.75, 3.05) is 5.32 Å². The Hall–Kier alpha value is -1.54. The van der Waals surface area contributed by atoms with Crippen LogP contribution in [-0.4, -0.2) is 11.7 Å². The zero-order chi connectivity index (χ0) is 13.9. The van der Waals surface area contributed by atoms with E-state index in [-0.39, 0.29) is 0 Å². The molecule has 0 aromatic heterocycles. The fraction of sp³-hybridized carbons (Fsp3) is 0.385. The van der Waals surface area contributed by atoms with Gasteiger partial charge in [-0.25, -0.2) is 4.79 Å². The number of anilines is 1. The van der Waals surface area contributed by atoms with Crippen molar-refractivity contribution in [1.29, 1.82) is 5.26 Å². The van der Waals surface area contributed by atoms with Gasteiger partial charge in [0.2, 0.25) is 0 Å². The van der Waals surface area contributed by atoms with E-state index in [0.717, 1.165) is 0 Å². The van der Waals surface area contributed by atoms with Gasteiger partial charge in [0.25, 0.3) is 0 Å². The second-order valence-electron chi connectivity index (χ2n) is 4.83. The first-order valence-corrected chi connectivity index (χ1v) is 6.23. The second kappa shape index (κ2) is 5.40. The first-order valence-electron chi connectivity index (χ1n) is 5.44. The van der Waals surface area contributed by atoms with Crippen molar-refractivity contribution in [2.24, 2.45) is 0 Å². The Morgan fingerprint density at radius 1 is 1.44 bits per heavy atom. The largest absolute Gasteiger partial charge is 0.444 e. The highest BCUT2D eigenvalue weighted by atomic mass is 79.9. The van der Waals surface area contributed by atoms with E-state index in [1.165, 1.54) is 0 Å². The SMILES string of the molecule is Cc1c(NC(=O)OC(C)(C)C)ccc(Br)c1C#N. The van der Waals surface area contributed by atoms with Crippen LogP contribution in [0.25, 0.3) is 0 Å². The molecule has 1 N–H and O–H groups in total. The van der Waals surface area contributed by atoms with Gasteiger partial charge in [-0.3, -0.25) is 5.32 Å². The number of hydrogen-bond acceptors (Lipinski definition) is 3. The van der Waals surface area contributed by atoms with E-state index in [9.17, 15) is 4.79 Å². The molecule has 0 saturated heterocycles. The Bertz CT molecular complexity index is 513. The van der Waals surface area contributed by atoms with E-state index in [0.29, 0.717) is 21.3 Å². The third kappa shape index (κ3) is 3.74. The quantitative estimate of drug-likeness (QED) is 0.853. The summed E-state index contributed by atoms with van der Waals surface area (Å²) in [5.41, 5.74) is 1.23. The molecule has 0 bridgehead atoms. The summed E-state index contributed by atoms with van der Waals surface area (Å²) in [6.07, 6.45) is -0.531. The minimum absolute atomic E-state index is 0.503. The first kappa shape index (κ1) is 14.5. The molecule has 4 nitrogen and oxygen atoms in total. The van der Waals surface area contributed by atoms with Gasteiger partial charge in [-0.15, -0.1) is 0 Å². The maximum absolute atomic E-state index is 11.6. The van der Waals surface area contributed by atoms with E-state index in [4.69, 9.17) is 10.00 Å². The van der Waals surface area contributed by atoms with Crippen molar-refractivity contribution >= 4 is 27.7 Å². The number of nitriles is 1. The van der Waals surface area contributed by atoms with Crippen LogP contribution < -0.4 is 5.32 Å². The normalized spacial score (nSPS) is 10.7. The van der Waals surface area contributed by atoms with Gasteiger partial charge >= 0.3 is 6.09 Å². The Morgan fingerprint density at radius 3 is 2.56 bits per heavy atom. The lowest BCUT2D eigenvalue weighted by Crippen LogP contribution is -2.27. The Kier molecular flexibility index (Phi) is 4.36. The molecule has 0 spiro atoms. The lowest BCUT2D eigenvalue weighted by molar-refractivity contribution is 0.0636. The fourth-order valence-electron chi connectivity index (χ4n) is 1.36. The maximum Gasteiger partial charge on any atom is 0.412 e. The standard InChI is InChI=1S/C13H15BrN2O2/c1-8-9(7-15)10(14)5-6-11(8)16-12(17)18-13(2,3)4/h5-6H,1-4H3,(H,16,17). The van der Waals surface area contributed by atoms with Crippen LogP contribution in [0.5, 0.6) is 0 Å². The van der Waals surface area contributed by atoms with Gasteiger partial charge in [-0.2, -0.15) is 5.26 Å². The lowest BCUT2D eigenvalue weighted by Gasteiger charge is -2.20. The molecule has 0 fully saturated rings. The van der Waals surface area contributed by atoms with Gasteiger partial charge < -0.3 is 4.74 Å². The van der Waals surface area contributed by atoms with Crippen molar-refractivity contribution in [1.82, 2.24) is 0 Å². The molecule has 0 aliphatic heterocycles. The van der Waals surface area contributed by atoms with Gasteiger partial charge in [0, 0.05) is 10.2 Å². The molecule has 1 rings (SSSR count). The smallest absolute Gasteiger partial charge is 0.412 e. The molecular weight excluding hydrogens is 296 g/mol. The number of benzene rings is 1. The summed E-state index contributed by atoms with van der Waals surface area (Å²) in [5, 5.41) is 11.7. The van der Waals surface area contributed by atoms with Gasteiger partial charge in [0.15, 0.2) is 0 Å². The molecule has 18 heavy (non-hydrogen) atoms. The average Bonchev–Trinajstić information content (AvgIpc) is 2.20. The van der Waals surface area contributed by atoms with Crippen molar-refractivity contribution < 1.29 is 9.53 Å². The third-order valence-electron chi connectivity index (χ3n) is 2.16. The highest BCUT2D eigenvalue weighted by Crippen LogP contribution is 2.26. The van der Waals surface area contributed by atoms with E-state index in [1.807, 2.05) is 0 Å². The summed E-state index contributed by atoms with van der Waals surface area (Å²) in [6.45, 7) is 7.15. The number of carbonyl (C=O) groups excluding carboxylic acids is 1. The van der Waals surface area contributed by atoms with Crippen LogP contribution >= 0.6 is 15.9 Å². The summed E-state index contributed by atoms with van der Waals surface area (Å²) < 4.78 is 5.86. The van der Waals surface area contributed by atoms with Crippen LogP contribution in [-0.2, 0) is 4.74 Å². The topological polar surface area (TPSA) is 62.1 Å². The van der Waals surface area contributed by atoms with Crippen LogP contribution in [0.4, 0.5) is 10.5 Å². The van der Waals surface area contributed by atoms with E-state index >= 15 is 0 Å². The van der Waals surface area contributed by atoms with E-state index < -0.39 is 11.7 Å². The molecule has 0 unspecified atom stereocenters. The van der Waals surface area contributed by atoms with Gasteiger partial charge in [0.05, 0.1) is 5.56 Å². The lowest BCUT2D eigenvalue weighted by atomic mass is 10.1. The monoisotopic (exact) mass is 310 g/mol. The minimum Gasteiger partial charge on any atom is -0.444 e. The molecule has 0 aliphatic carbocycles. The molecule has 96 valence electrons. The number of carbonyl (C=O) groups is 1. The molecule has 0 atom stereocenters. The molecule has 0 aliphatic rings. The van der Waals surface area contributed by atoms with Crippen LogP contribution in [0.2, 0.25) is 0 Å². The molecule has 0 radical (unpaired) electrons. The number of hydrogen-bond donors (Lipinski definition) is 1. The van der Waals surface area contributed by atoms with E-state index in [1.54, 1.807) is 39.8 Å². The average molecular weight is 311 g/mol. The zero-order valence-corrected chi connectivity index (χ0v) is 12.4. The van der Waals surface area contributed by atoms with Crippen LogP contribution in [0, 0.1) is 18.3 Å². The number of ether oxygens (including phenoxy) is 1. The van der Waals surface area contributed by atoms with Gasteiger partial charge in [0.1, 0.15) is 11.7 Å². The van der Waals surface area contributed by atoms with Gasteiger partial charge in [-0.1, -0.05) is 0 Å². The number of amides is 1. The highest BCUT2D eigenvalue weighted by Gasteiger charge is 2.17. The predicted molar refractivity (Wildman–Crippen MR) is 73.5 cm³/mol. The van der Waals surface area contributed by atoms with Crippen LogP contribution in [0.3, 0.4) is 0 Å². The number of rotatable bonds is 1. The molecule has 0 heterocycles. The number of halogens is 1. The number of nitrogens with zero attached hydrogens (tertiary/aromatic N) is 1. The van der Waals surface area contributed by atoms with Crippen molar-refractivity contribution in [3.63, 3.8) is 0 Å². The molecule has 1 aromatic rings. The van der Waals surface area contributed by atoms with Crippen LogP contribution in [0.15, 0.2) is 16.6 Å². The first-order chi connectivity index (χ1) is 8.24. The third-order valence-corrected chi connectivity index (χ3v) is 2.82. The fourth-order valence-corrected chi connectivity index (χ4v) is 1.88. The molecule has 5 heteroatoms. The molecule has 0 saturated carbocycles. The Labute approximate surface area is 115 Å². The molecular formula is C13H15BrN2O2. The van der Waals surface area contributed by atoms with Gasteiger partial charge in [-0.05, 0) is 61.3 Å². The molecule has 1 aromatic carbocycles. The molecule has 1 amide bonds. The second-order valence-corrected chi connectivity index (χ2v) is 5.69.